The molecule has 0 saturated carbocycles. The van der Waals surface area contributed by atoms with Crippen molar-refractivity contribution in [3.05, 3.63) is 59.2 Å². The quantitative estimate of drug-likeness (QED) is 0.798. The van der Waals surface area contributed by atoms with Crippen molar-refractivity contribution in [3.8, 4) is 0 Å². The van der Waals surface area contributed by atoms with E-state index in [0.717, 1.165) is 6.07 Å². The minimum absolute atomic E-state index is 0.0157. The van der Waals surface area contributed by atoms with E-state index in [1.165, 1.54) is 12.1 Å². The van der Waals surface area contributed by atoms with Crippen LogP contribution in [0.2, 0.25) is 0 Å². The topological polar surface area (TPSA) is 73.8 Å². The van der Waals surface area contributed by atoms with Gasteiger partial charge in [-0.15, -0.1) is 0 Å². The Balaban J connectivity index is 2.09. The molecule has 6 nitrogen and oxygen atoms in total. The SMILES string of the molecule is C[C@@H](c1ccccc1F)c1c(F)ccc2c1NC(=NCCN(C)C)NS2(=O)=O. The monoisotopic (exact) mass is 408 g/mol. The third-order valence-corrected chi connectivity index (χ3v) is 5.92. The van der Waals surface area contributed by atoms with E-state index in [1.807, 2.05) is 19.0 Å². The predicted octanol–water partition coefficient (Wildman–Crippen LogP) is 2.74. The maximum absolute atomic E-state index is 14.8. The van der Waals surface area contributed by atoms with Gasteiger partial charge in [0.05, 0.1) is 12.2 Å². The molecule has 0 spiro atoms. The molecule has 0 amide bonds. The van der Waals surface area contributed by atoms with Crippen molar-refractivity contribution in [2.45, 2.75) is 17.7 Å². The predicted molar refractivity (Wildman–Crippen MR) is 105 cm³/mol. The molecular formula is C19H22F2N4O2S. The van der Waals surface area contributed by atoms with Crippen molar-refractivity contribution in [1.29, 1.82) is 0 Å². The van der Waals surface area contributed by atoms with Crippen LogP contribution in [0.4, 0.5) is 14.5 Å². The molecular weight excluding hydrogens is 386 g/mol. The van der Waals surface area contributed by atoms with Crippen molar-refractivity contribution in [3.63, 3.8) is 0 Å². The van der Waals surface area contributed by atoms with Gasteiger partial charge in [-0.3, -0.25) is 4.99 Å². The minimum Gasteiger partial charge on any atom is -0.324 e. The number of halogens is 2. The van der Waals surface area contributed by atoms with E-state index in [-0.39, 0.29) is 27.7 Å². The summed E-state index contributed by atoms with van der Waals surface area (Å²) >= 11 is 0. The third-order valence-electron chi connectivity index (χ3n) is 4.54. The first kappa shape index (κ1) is 20.2. The molecule has 0 bridgehead atoms. The second-order valence-corrected chi connectivity index (χ2v) is 8.49. The van der Waals surface area contributed by atoms with Crippen molar-refractivity contribution in [1.82, 2.24) is 9.62 Å². The van der Waals surface area contributed by atoms with E-state index in [0.29, 0.717) is 13.1 Å². The Morgan fingerprint density at radius 3 is 2.50 bits per heavy atom. The van der Waals surface area contributed by atoms with Crippen LogP contribution >= 0.6 is 0 Å². The first-order valence-electron chi connectivity index (χ1n) is 8.76. The van der Waals surface area contributed by atoms with Gasteiger partial charge in [-0.1, -0.05) is 25.1 Å². The number of hydrogen-bond donors (Lipinski definition) is 2. The van der Waals surface area contributed by atoms with Crippen LogP contribution in [0.1, 0.15) is 24.0 Å². The third kappa shape index (κ3) is 4.00. The number of benzene rings is 2. The number of nitrogens with zero attached hydrogens (tertiary/aromatic N) is 2. The molecule has 1 atom stereocenters. The average Bonchev–Trinajstić information content (AvgIpc) is 2.60. The summed E-state index contributed by atoms with van der Waals surface area (Å²) in [6.07, 6.45) is 0. The average molecular weight is 408 g/mol. The van der Waals surface area contributed by atoms with Crippen LogP contribution < -0.4 is 10.0 Å². The Bertz CT molecular complexity index is 1020. The normalized spacial score (nSPS) is 17.7. The van der Waals surface area contributed by atoms with Crippen LogP contribution in [0, 0.1) is 11.6 Å². The summed E-state index contributed by atoms with van der Waals surface area (Å²) in [5.41, 5.74) is 0.435. The van der Waals surface area contributed by atoms with Crippen molar-refractivity contribution in [2.75, 3.05) is 32.5 Å². The minimum atomic E-state index is -3.92. The number of nitrogens with one attached hydrogen (secondary N) is 2. The van der Waals surface area contributed by atoms with Crippen LogP contribution in [-0.4, -0.2) is 46.5 Å². The number of anilines is 1. The van der Waals surface area contributed by atoms with Crippen LogP contribution in [0.15, 0.2) is 46.3 Å². The second-order valence-electron chi connectivity index (χ2n) is 6.84. The van der Waals surface area contributed by atoms with Gasteiger partial charge in [0.25, 0.3) is 10.0 Å². The highest BCUT2D eigenvalue weighted by molar-refractivity contribution is 7.90. The number of guanidine groups is 1. The van der Waals surface area contributed by atoms with Crippen molar-refractivity contribution in [2.24, 2.45) is 4.99 Å². The van der Waals surface area contributed by atoms with Crippen molar-refractivity contribution >= 4 is 21.7 Å². The summed E-state index contributed by atoms with van der Waals surface area (Å²) in [5, 5.41) is 2.88. The fourth-order valence-corrected chi connectivity index (χ4v) is 4.25. The molecule has 0 saturated heterocycles. The first-order chi connectivity index (χ1) is 13.2. The molecule has 1 heterocycles. The van der Waals surface area contributed by atoms with E-state index in [9.17, 15) is 17.2 Å². The Morgan fingerprint density at radius 1 is 1.11 bits per heavy atom. The van der Waals surface area contributed by atoms with Gasteiger partial charge in [-0.25, -0.2) is 21.9 Å². The number of likely N-dealkylation sites (N-methyl/N-ethyl adjacent to an activating group) is 1. The standard InChI is InChI=1S/C19H22F2N4O2S/c1-12(13-6-4-5-7-14(13)20)17-15(21)8-9-16-18(17)23-19(24-28(16,26)27)22-10-11-25(2)3/h4-9,12H,10-11H2,1-3H3,(H2,22,23,24)/t12-/m0/s1. The van der Waals surface area contributed by atoms with Gasteiger partial charge in [0, 0.05) is 18.0 Å². The lowest BCUT2D eigenvalue weighted by Gasteiger charge is -2.26. The molecule has 2 aromatic rings. The summed E-state index contributed by atoms with van der Waals surface area (Å²) in [4.78, 5) is 6.02. The molecule has 3 rings (SSSR count). The van der Waals surface area contributed by atoms with Gasteiger partial charge in [-0.05, 0) is 37.9 Å². The van der Waals surface area contributed by atoms with Gasteiger partial charge in [0.1, 0.15) is 16.5 Å². The molecule has 0 unspecified atom stereocenters. The number of sulfonamides is 1. The van der Waals surface area contributed by atoms with Crippen molar-refractivity contribution < 1.29 is 17.2 Å². The second kappa shape index (κ2) is 7.84. The van der Waals surface area contributed by atoms with Crippen LogP contribution in [0.3, 0.4) is 0 Å². The molecule has 0 aliphatic carbocycles. The van der Waals surface area contributed by atoms with Crippen LogP contribution in [0.5, 0.6) is 0 Å². The zero-order valence-corrected chi connectivity index (χ0v) is 16.6. The molecule has 2 N–H and O–H groups in total. The molecule has 0 fully saturated rings. The summed E-state index contributed by atoms with van der Waals surface area (Å²) < 4.78 is 56.6. The fourth-order valence-electron chi connectivity index (χ4n) is 3.09. The first-order valence-corrected chi connectivity index (χ1v) is 10.2. The molecule has 1 aliphatic heterocycles. The smallest absolute Gasteiger partial charge is 0.266 e. The summed E-state index contributed by atoms with van der Waals surface area (Å²) in [6.45, 7) is 2.60. The molecule has 150 valence electrons. The number of fused-ring (bicyclic) bond motifs is 1. The highest BCUT2D eigenvalue weighted by atomic mass is 32.2. The number of rotatable bonds is 5. The number of hydrogen-bond acceptors (Lipinski definition) is 4. The number of aliphatic imine (C=N–C) groups is 1. The van der Waals surface area contributed by atoms with Crippen LogP contribution in [0.25, 0.3) is 0 Å². The van der Waals surface area contributed by atoms with Crippen LogP contribution in [-0.2, 0) is 10.0 Å². The maximum Gasteiger partial charge on any atom is 0.266 e. The molecule has 0 aromatic heterocycles. The van der Waals surface area contributed by atoms with Gasteiger partial charge >= 0.3 is 0 Å². The zero-order chi connectivity index (χ0) is 20.5. The van der Waals surface area contributed by atoms with Gasteiger partial charge < -0.3 is 10.2 Å². The van der Waals surface area contributed by atoms with E-state index < -0.39 is 27.6 Å². The van der Waals surface area contributed by atoms with Gasteiger partial charge in [0.15, 0.2) is 0 Å². The summed E-state index contributed by atoms with van der Waals surface area (Å²) in [5.74, 6) is -1.79. The Kier molecular flexibility index (Phi) is 5.66. The molecule has 0 radical (unpaired) electrons. The maximum atomic E-state index is 14.8. The van der Waals surface area contributed by atoms with Gasteiger partial charge in [0.2, 0.25) is 5.96 Å². The Hall–Kier alpha value is -2.52. The lowest BCUT2D eigenvalue weighted by atomic mass is 9.91. The Labute approximate surface area is 163 Å². The largest absolute Gasteiger partial charge is 0.324 e. The summed E-state index contributed by atoms with van der Waals surface area (Å²) in [7, 11) is -0.179. The molecule has 9 heteroatoms. The molecule has 28 heavy (non-hydrogen) atoms. The zero-order valence-electron chi connectivity index (χ0n) is 15.8. The Morgan fingerprint density at radius 2 is 1.82 bits per heavy atom. The highest BCUT2D eigenvalue weighted by Gasteiger charge is 2.32. The lowest BCUT2D eigenvalue weighted by molar-refractivity contribution is 0.420. The lowest BCUT2D eigenvalue weighted by Crippen LogP contribution is -2.41. The van der Waals surface area contributed by atoms with E-state index in [4.69, 9.17) is 0 Å². The molecule has 2 aromatic carbocycles. The highest BCUT2D eigenvalue weighted by Crippen LogP contribution is 2.38. The molecule has 1 aliphatic rings. The van der Waals surface area contributed by atoms with Gasteiger partial charge in [-0.2, -0.15) is 0 Å². The van der Waals surface area contributed by atoms with E-state index >= 15 is 0 Å². The summed E-state index contributed by atoms with van der Waals surface area (Å²) in [6, 6.07) is 8.32. The van der Waals surface area contributed by atoms with E-state index in [2.05, 4.69) is 15.0 Å². The fraction of sp³-hybridized carbons (Fsp3) is 0.316. The van der Waals surface area contributed by atoms with E-state index in [1.54, 1.807) is 25.1 Å².